The third-order valence-electron chi connectivity index (χ3n) is 2.36. The van der Waals surface area contributed by atoms with E-state index in [-0.39, 0.29) is 5.41 Å². The van der Waals surface area contributed by atoms with Crippen molar-refractivity contribution in [3.8, 4) is 0 Å². The Balaban J connectivity index is 3.14. The van der Waals surface area contributed by atoms with Gasteiger partial charge in [-0.3, -0.25) is 4.79 Å². The molecular formula is C9H14N2O2. The molecule has 1 heterocycles. The first-order chi connectivity index (χ1) is 5.99. The van der Waals surface area contributed by atoms with Crippen LogP contribution < -0.4 is 5.73 Å². The van der Waals surface area contributed by atoms with E-state index in [4.69, 9.17) is 10.3 Å². The zero-order valence-electron chi connectivity index (χ0n) is 8.13. The van der Waals surface area contributed by atoms with E-state index >= 15 is 0 Å². The molecule has 0 saturated heterocycles. The lowest BCUT2D eigenvalue weighted by Gasteiger charge is -2.19. The third-order valence-corrected chi connectivity index (χ3v) is 2.36. The molecule has 1 rings (SSSR count). The third kappa shape index (κ3) is 1.71. The van der Waals surface area contributed by atoms with Gasteiger partial charge in [-0.05, 0) is 6.42 Å². The summed E-state index contributed by atoms with van der Waals surface area (Å²) in [6, 6.07) is 0. The van der Waals surface area contributed by atoms with Crippen LogP contribution in [0.15, 0.2) is 10.8 Å². The fourth-order valence-corrected chi connectivity index (χ4v) is 1.07. The number of primary amides is 1. The fraction of sp³-hybridized carbons (Fsp3) is 0.556. The van der Waals surface area contributed by atoms with Crippen molar-refractivity contribution >= 4 is 5.91 Å². The van der Waals surface area contributed by atoms with Crippen LogP contribution in [0.2, 0.25) is 0 Å². The largest absolute Gasteiger partial charge is 0.365 e. The minimum absolute atomic E-state index is 0.169. The maximum Gasteiger partial charge on any atom is 0.253 e. The molecule has 2 N–H and O–H groups in total. The summed E-state index contributed by atoms with van der Waals surface area (Å²) in [5, 5.41) is 3.80. The number of carbonyl (C=O) groups is 1. The molecule has 4 nitrogen and oxygen atoms in total. The average Bonchev–Trinajstić information content (AvgIpc) is 2.52. The standard InChI is InChI=1S/C9H14N2O2/c1-4-9(2,3)7-6(8(10)12)5-13-11-7/h5H,4H2,1-3H3,(H2,10,12). The molecule has 0 saturated carbocycles. The van der Waals surface area contributed by atoms with E-state index < -0.39 is 5.91 Å². The minimum atomic E-state index is -0.488. The number of rotatable bonds is 3. The molecular weight excluding hydrogens is 168 g/mol. The molecule has 0 aromatic carbocycles. The SMILES string of the molecule is CCC(C)(C)c1nocc1C(N)=O. The zero-order valence-corrected chi connectivity index (χ0v) is 8.13. The van der Waals surface area contributed by atoms with E-state index in [9.17, 15) is 4.79 Å². The lowest BCUT2D eigenvalue weighted by molar-refractivity contribution is 0.0997. The van der Waals surface area contributed by atoms with Gasteiger partial charge >= 0.3 is 0 Å². The van der Waals surface area contributed by atoms with E-state index in [1.165, 1.54) is 6.26 Å². The van der Waals surface area contributed by atoms with Crippen LogP contribution in [-0.2, 0) is 5.41 Å². The maximum atomic E-state index is 11.0. The van der Waals surface area contributed by atoms with Gasteiger partial charge in [0.2, 0.25) is 0 Å². The van der Waals surface area contributed by atoms with Gasteiger partial charge in [-0.25, -0.2) is 0 Å². The predicted molar refractivity (Wildman–Crippen MR) is 48.3 cm³/mol. The smallest absolute Gasteiger partial charge is 0.253 e. The van der Waals surface area contributed by atoms with Gasteiger partial charge in [0.05, 0.1) is 0 Å². The first-order valence-electron chi connectivity index (χ1n) is 4.23. The summed E-state index contributed by atoms with van der Waals surface area (Å²) in [6.07, 6.45) is 2.18. The number of nitrogens with two attached hydrogens (primary N) is 1. The highest BCUT2D eigenvalue weighted by atomic mass is 16.5. The van der Waals surface area contributed by atoms with Crippen LogP contribution in [0.1, 0.15) is 43.2 Å². The van der Waals surface area contributed by atoms with Crippen LogP contribution in [-0.4, -0.2) is 11.1 Å². The molecule has 4 heteroatoms. The second kappa shape index (κ2) is 3.20. The van der Waals surface area contributed by atoms with Crippen molar-refractivity contribution < 1.29 is 9.32 Å². The van der Waals surface area contributed by atoms with Crippen LogP contribution >= 0.6 is 0 Å². The Bertz CT molecular complexity index is 315. The number of nitrogens with zero attached hydrogens (tertiary/aromatic N) is 1. The van der Waals surface area contributed by atoms with Crippen molar-refractivity contribution in [3.63, 3.8) is 0 Å². The van der Waals surface area contributed by atoms with Gasteiger partial charge in [-0.2, -0.15) is 0 Å². The van der Waals surface area contributed by atoms with Gasteiger partial charge in [0, 0.05) is 5.41 Å². The van der Waals surface area contributed by atoms with Gasteiger partial charge in [-0.1, -0.05) is 25.9 Å². The quantitative estimate of drug-likeness (QED) is 0.769. The van der Waals surface area contributed by atoms with Crippen LogP contribution in [0, 0.1) is 0 Å². The highest BCUT2D eigenvalue weighted by Crippen LogP contribution is 2.27. The van der Waals surface area contributed by atoms with Crippen molar-refractivity contribution in [3.05, 3.63) is 17.5 Å². The molecule has 0 aliphatic heterocycles. The lowest BCUT2D eigenvalue weighted by atomic mass is 9.84. The Hall–Kier alpha value is -1.32. The fourth-order valence-electron chi connectivity index (χ4n) is 1.07. The number of aromatic nitrogens is 1. The van der Waals surface area contributed by atoms with Gasteiger partial charge in [0.25, 0.3) is 5.91 Å². The molecule has 1 amide bonds. The summed E-state index contributed by atoms with van der Waals surface area (Å²) < 4.78 is 4.74. The summed E-state index contributed by atoms with van der Waals surface area (Å²) in [5.74, 6) is -0.488. The minimum Gasteiger partial charge on any atom is -0.365 e. The van der Waals surface area contributed by atoms with Crippen LogP contribution in [0.3, 0.4) is 0 Å². The van der Waals surface area contributed by atoms with Crippen LogP contribution in [0.5, 0.6) is 0 Å². The number of hydrogen-bond acceptors (Lipinski definition) is 3. The molecule has 0 radical (unpaired) electrons. The van der Waals surface area contributed by atoms with Gasteiger partial charge < -0.3 is 10.3 Å². The van der Waals surface area contributed by atoms with Crippen molar-refractivity contribution in [1.29, 1.82) is 0 Å². The molecule has 13 heavy (non-hydrogen) atoms. The summed E-state index contributed by atoms with van der Waals surface area (Å²) >= 11 is 0. The maximum absolute atomic E-state index is 11.0. The van der Waals surface area contributed by atoms with Crippen molar-refractivity contribution in [1.82, 2.24) is 5.16 Å². The second-order valence-corrected chi connectivity index (χ2v) is 3.68. The Morgan fingerprint density at radius 2 is 2.31 bits per heavy atom. The van der Waals surface area contributed by atoms with Crippen LogP contribution in [0.4, 0.5) is 0 Å². The average molecular weight is 182 g/mol. The molecule has 0 fully saturated rings. The molecule has 0 aliphatic carbocycles. The molecule has 0 unspecified atom stereocenters. The van der Waals surface area contributed by atoms with Crippen LogP contribution in [0.25, 0.3) is 0 Å². The summed E-state index contributed by atoms with van der Waals surface area (Å²) in [5.41, 5.74) is 6.02. The topological polar surface area (TPSA) is 69.1 Å². The number of carbonyl (C=O) groups excluding carboxylic acids is 1. The summed E-state index contributed by atoms with van der Waals surface area (Å²) in [7, 11) is 0. The molecule has 0 spiro atoms. The lowest BCUT2D eigenvalue weighted by Crippen LogP contribution is -2.22. The predicted octanol–water partition coefficient (Wildman–Crippen LogP) is 1.46. The summed E-state index contributed by atoms with van der Waals surface area (Å²) in [6.45, 7) is 6.02. The Morgan fingerprint density at radius 3 is 2.77 bits per heavy atom. The van der Waals surface area contributed by atoms with E-state index in [0.717, 1.165) is 6.42 Å². The first kappa shape index (κ1) is 9.77. The molecule has 1 aromatic heterocycles. The van der Waals surface area contributed by atoms with Gasteiger partial charge in [0.15, 0.2) is 0 Å². The van der Waals surface area contributed by atoms with E-state index in [1.807, 2.05) is 20.8 Å². The number of hydrogen-bond donors (Lipinski definition) is 1. The Labute approximate surface area is 77.1 Å². The molecule has 0 bridgehead atoms. The number of amides is 1. The van der Waals surface area contributed by atoms with Gasteiger partial charge in [-0.15, -0.1) is 0 Å². The second-order valence-electron chi connectivity index (χ2n) is 3.68. The van der Waals surface area contributed by atoms with Crippen molar-refractivity contribution in [2.75, 3.05) is 0 Å². The first-order valence-corrected chi connectivity index (χ1v) is 4.23. The normalized spacial score (nSPS) is 11.6. The van der Waals surface area contributed by atoms with E-state index in [2.05, 4.69) is 5.16 Å². The summed E-state index contributed by atoms with van der Waals surface area (Å²) in [4.78, 5) is 11.0. The molecule has 0 atom stereocenters. The highest BCUT2D eigenvalue weighted by molar-refractivity contribution is 5.93. The van der Waals surface area contributed by atoms with E-state index in [0.29, 0.717) is 11.3 Å². The van der Waals surface area contributed by atoms with Crippen molar-refractivity contribution in [2.45, 2.75) is 32.6 Å². The highest BCUT2D eigenvalue weighted by Gasteiger charge is 2.27. The Morgan fingerprint density at radius 1 is 1.69 bits per heavy atom. The molecule has 1 aromatic rings. The molecule has 72 valence electrons. The molecule has 0 aliphatic rings. The Kier molecular flexibility index (Phi) is 2.40. The van der Waals surface area contributed by atoms with Gasteiger partial charge in [0.1, 0.15) is 17.5 Å². The zero-order chi connectivity index (χ0) is 10.1. The monoisotopic (exact) mass is 182 g/mol. The van der Waals surface area contributed by atoms with E-state index in [1.54, 1.807) is 0 Å². The van der Waals surface area contributed by atoms with Crippen molar-refractivity contribution in [2.24, 2.45) is 5.73 Å².